The van der Waals surface area contributed by atoms with Gasteiger partial charge in [0, 0.05) is 10.6 Å². The normalized spacial score (nSPS) is 13.1. The number of hydrogen-bond acceptors (Lipinski definition) is 3. The minimum absolute atomic E-state index is 0.236. The highest BCUT2D eigenvalue weighted by atomic mass is 35.5. The third-order valence-corrected chi connectivity index (χ3v) is 3.55. The molecule has 0 bridgehead atoms. The fourth-order valence-electron chi connectivity index (χ4n) is 2.07. The van der Waals surface area contributed by atoms with E-state index in [-0.39, 0.29) is 5.78 Å². The number of halogens is 2. The lowest BCUT2D eigenvalue weighted by atomic mass is 10.0. The van der Waals surface area contributed by atoms with Crippen LogP contribution in [0.1, 0.15) is 15.9 Å². The van der Waals surface area contributed by atoms with Gasteiger partial charge in [-0.1, -0.05) is 29.3 Å². The molecule has 0 spiro atoms. The van der Waals surface area contributed by atoms with E-state index in [1.165, 1.54) is 0 Å². The highest BCUT2D eigenvalue weighted by Gasteiger charge is 2.22. The first-order valence-electron chi connectivity index (χ1n) is 6.05. The SMILES string of the molecule is O=C(c1cc(Cl)ccc1Cl)c1cccc2c1OCCO2. The standard InChI is InChI=1S/C15H10Cl2O3/c16-9-4-5-12(17)11(8-9)14(18)10-2-1-3-13-15(10)20-7-6-19-13/h1-5,8H,6-7H2. The Bertz CT molecular complexity index is 683. The van der Waals surface area contributed by atoms with Crippen LogP contribution < -0.4 is 9.47 Å². The summed E-state index contributed by atoms with van der Waals surface area (Å²) in [5.74, 6) is 0.792. The molecule has 0 aromatic heterocycles. The third-order valence-electron chi connectivity index (χ3n) is 2.98. The van der Waals surface area contributed by atoms with E-state index < -0.39 is 0 Å². The molecule has 1 aliphatic heterocycles. The lowest BCUT2D eigenvalue weighted by Gasteiger charge is -2.20. The van der Waals surface area contributed by atoms with Crippen LogP contribution in [-0.2, 0) is 0 Å². The van der Waals surface area contributed by atoms with Crippen LogP contribution >= 0.6 is 23.2 Å². The lowest BCUT2D eigenvalue weighted by Crippen LogP contribution is -2.18. The second-order valence-corrected chi connectivity index (χ2v) is 5.13. The topological polar surface area (TPSA) is 35.5 Å². The predicted molar refractivity (Wildman–Crippen MR) is 77.3 cm³/mol. The van der Waals surface area contributed by atoms with Crippen LogP contribution in [0.3, 0.4) is 0 Å². The van der Waals surface area contributed by atoms with Crippen molar-refractivity contribution in [2.24, 2.45) is 0 Å². The Labute approximate surface area is 126 Å². The van der Waals surface area contributed by atoms with Crippen LogP contribution in [0, 0.1) is 0 Å². The van der Waals surface area contributed by atoms with E-state index in [9.17, 15) is 4.79 Å². The number of para-hydroxylation sites is 1. The Morgan fingerprint density at radius 1 is 1.00 bits per heavy atom. The van der Waals surface area contributed by atoms with Gasteiger partial charge in [0.15, 0.2) is 17.3 Å². The summed E-state index contributed by atoms with van der Waals surface area (Å²) in [5.41, 5.74) is 0.771. The summed E-state index contributed by atoms with van der Waals surface area (Å²) in [4.78, 5) is 12.6. The number of fused-ring (bicyclic) bond motifs is 1. The number of carbonyl (C=O) groups excluding carboxylic acids is 1. The average Bonchev–Trinajstić information content (AvgIpc) is 2.48. The average molecular weight is 309 g/mol. The number of benzene rings is 2. The van der Waals surface area contributed by atoms with Gasteiger partial charge in [-0.3, -0.25) is 4.79 Å². The number of carbonyl (C=O) groups is 1. The molecule has 0 atom stereocenters. The van der Waals surface area contributed by atoms with E-state index in [4.69, 9.17) is 32.7 Å². The van der Waals surface area contributed by atoms with Crippen LogP contribution in [0.4, 0.5) is 0 Å². The zero-order valence-corrected chi connectivity index (χ0v) is 11.9. The first-order chi connectivity index (χ1) is 9.66. The Hall–Kier alpha value is -1.71. The molecule has 5 heteroatoms. The van der Waals surface area contributed by atoms with Crippen molar-refractivity contribution < 1.29 is 14.3 Å². The van der Waals surface area contributed by atoms with Crippen LogP contribution in [0.2, 0.25) is 10.0 Å². The van der Waals surface area contributed by atoms with E-state index in [2.05, 4.69) is 0 Å². The van der Waals surface area contributed by atoms with Gasteiger partial charge >= 0.3 is 0 Å². The van der Waals surface area contributed by atoms with Gasteiger partial charge in [-0.2, -0.15) is 0 Å². The van der Waals surface area contributed by atoms with Crippen molar-refractivity contribution in [1.29, 1.82) is 0 Å². The molecule has 0 saturated carbocycles. The van der Waals surface area contributed by atoms with Crippen LogP contribution in [0.25, 0.3) is 0 Å². The van der Waals surface area contributed by atoms with Crippen LogP contribution in [-0.4, -0.2) is 19.0 Å². The number of ketones is 1. The van der Waals surface area contributed by atoms with Gasteiger partial charge in [-0.25, -0.2) is 0 Å². The molecule has 2 aromatic rings. The van der Waals surface area contributed by atoms with Gasteiger partial charge in [0.2, 0.25) is 0 Å². The summed E-state index contributed by atoms with van der Waals surface area (Å²) in [5, 5.41) is 0.813. The van der Waals surface area contributed by atoms with E-state index in [0.29, 0.717) is 45.9 Å². The molecule has 0 aliphatic carbocycles. The zero-order valence-electron chi connectivity index (χ0n) is 10.4. The smallest absolute Gasteiger partial charge is 0.198 e. The summed E-state index contributed by atoms with van der Waals surface area (Å²) >= 11 is 12.0. The molecule has 0 unspecified atom stereocenters. The molecule has 0 amide bonds. The molecule has 2 aromatic carbocycles. The Balaban J connectivity index is 2.09. The van der Waals surface area contributed by atoms with Gasteiger partial charge < -0.3 is 9.47 Å². The second-order valence-electron chi connectivity index (χ2n) is 4.28. The maximum Gasteiger partial charge on any atom is 0.198 e. The van der Waals surface area contributed by atoms with E-state index in [0.717, 1.165) is 0 Å². The van der Waals surface area contributed by atoms with Crippen LogP contribution in [0.5, 0.6) is 11.5 Å². The third kappa shape index (κ3) is 2.35. The van der Waals surface area contributed by atoms with Crippen molar-refractivity contribution in [2.75, 3.05) is 13.2 Å². The number of rotatable bonds is 2. The molecule has 1 aliphatic rings. The molecule has 1 heterocycles. The van der Waals surface area contributed by atoms with Crippen LogP contribution in [0.15, 0.2) is 36.4 Å². The Morgan fingerprint density at radius 2 is 1.80 bits per heavy atom. The quantitative estimate of drug-likeness (QED) is 0.787. The predicted octanol–water partition coefficient (Wildman–Crippen LogP) is 4.00. The van der Waals surface area contributed by atoms with Crippen molar-refractivity contribution in [3.8, 4) is 11.5 Å². The monoisotopic (exact) mass is 308 g/mol. The minimum atomic E-state index is -0.236. The molecule has 102 valence electrons. The van der Waals surface area contributed by atoms with Gasteiger partial charge in [-0.05, 0) is 30.3 Å². The van der Waals surface area contributed by atoms with Gasteiger partial charge in [-0.15, -0.1) is 0 Å². The fourth-order valence-corrected chi connectivity index (χ4v) is 2.44. The Morgan fingerprint density at radius 3 is 2.65 bits per heavy atom. The molecule has 0 fully saturated rings. The van der Waals surface area contributed by atoms with Crippen molar-refractivity contribution in [1.82, 2.24) is 0 Å². The number of hydrogen-bond donors (Lipinski definition) is 0. The van der Waals surface area contributed by atoms with Crippen molar-refractivity contribution in [2.45, 2.75) is 0 Å². The lowest BCUT2D eigenvalue weighted by molar-refractivity contribution is 0.102. The van der Waals surface area contributed by atoms with Gasteiger partial charge in [0.1, 0.15) is 13.2 Å². The largest absolute Gasteiger partial charge is 0.486 e. The second kappa shape index (κ2) is 5.35. The summed E-state index contributed by atoms with van der Waals surface area (Å²) in [7, 11) is 0. The molecular weight excluding hydrogens is 299 g/mol. The maximum absolute atomic E-state index is 12.6. The highest BCUT2D eigenvalue weighted by molar-refractivity contribution is 6.37. The summed E-state index contributed by atoms with van der Waals surface area (Å²) in [6.07, 6.45) is 0. The summed E-state index contributed by atoms with van der Waals surface area (Å²) in [6.45, 7) is 0.892. The molecule has 0 radical (unpaired) electrons. The molecule has 20 heavy (non-hydrogen) atoms. The summed E-state index contributed by atoms with van der Waals surface area (Å²) in [6, 6.07) is 10.00. The van der Waals surface area contributed by atoms with E-state index in [1.54, 1.807) is 36.4 Å². The number of ether oxygens (including phenoxy) is 2. The maximum atomic E-state index is 12.6. The minimum Gasteiger partial charge on any atom is -0.486 e. The van der Waals surface area contributed by atoms with Crippen molar-refractivity contribution >= 4 is 29.0 Å². The first-order valence-corrected chi connectivity index (χ1v) is 6.81. The molecule has 0 saturated heterocycles. The van der Waals surface area contributed by atoms with E-state index in [1.807, 2.05) is 0 Å². The molecule has 3 nitrogen and oxygen atoms in total. The Kier molecular flexibility index (Phi) is 3.55. The summed E-state index contributed by atoms with van der Waals surface area (Å²) < 4.78 is 11.0. The fraction of sp³-hybridized carbons (Fsp3) is 0.133. The van der Waals surface area contributed by atoms with Gasteiger partial charge in [0.25, 0.3) is 0 Å². The van der Waals surface area contributed by atoms with E-state index >= 15 is 0 Å². The highest BCUT2D eigenvalue weighted by Crippen LogP contribution is 2.36. The zero-order chi connectivity index (χ0) is 14.1. The van der Waals surface area contributed by atoms with Gasteiger partial charge in [0.05, 0.1) is 10.6 Å². The molecular formula is C15H10Cl2O3. The van der Waals surface area contributed by atoms with Crippen molar-refractivity contribution in [3.05, 3.63) is 57.6 Å². The first kappa shape index (κ1) is 13.3. The molecule has 0 N–H and O–H groups in total. The molecule has 3 rings (SSSR count). The van der Waals surface area contributed by atoms with Crippen molar-refractivity contribution in [3.63, 3.8) is 0 Å².